The molecule has 0 saturated heterocycles. The monoisotopic (exact) mass is 252 g/mol. The van der Waals surface area contributed by atoms with E-state index in [0.29, 0.717) is 17.9 Å². The third kappa shape index (κ3) is 3.39. The molecule has 0 aliphatic rings. The quantitative estimate of drug-likeness (QED) is 0.755. The van der Waals surface area contributed by atoms with Crippen molar-refractivity contribution in [2.24, 2.45) is 0 Å². The molecule has 18 heavy (non-hydrogen) atoms. The minimum absolute atomic E-state index is 0.677. The van der Waals surface area contributed by atoms with E-state index < -0.39 is 5.60 Å². The van der Waals surface area contributed by atoms with Gasteiger partial charge in [-0.1, -0.05) is 32.3 Å². The summed E-state index contributed by atoms with van der Waals surface area (Å²) in [6, 6.07) is 5.57. The van der Waals surface area contributed by atoms with Gasteiger partial charge in [0.15, 0.2) is 0 Å². The van der Waals surface area contributed by atoms with Gasteiger partial charge in [0.1, 0.15) is 11.5 Å². The number of benzene rings is 1. The molecule has 1 N–H and O–H groups in total. The molecule has 1 unspecified atom stereocenters. The smallest absolute Gasteiger partial charge is 0.128 e. The molecular formula is C15H24O3. The van der Waals surface area contributed by atoms with Crippen LogP contribution < -0.4 is 9.47 Å². The largest absolute Gasteiger partial charge is 0.496 e. The minimum atomic E-state index is -0.923. The number of methoxy groups -OCH3 is 2. The number of hydrogen-bond donors (Lipinski definition) is 1. The van der Waals surface area contributed by atoms with Gasteiger partial charge >= 0.3 is 0 Å². The summed E-state index contributed by atoms with van der Waals surface area (Å²) in [5.41, 5.74) is -0.182. The molecule has 3 nitrogen and oxygen atoms in total. The Bertz CT molecular complexity index is 350. The lowest BCUT2D eigenvalue weighted by molar-refractivity contribution is 0.0399. The van der Waals surface area contributed by atoms with Crippen molar-refractivity contribution in [3.05, 3.63) is 23.8 Å². The van der Waals surface area contributed by atoms with Gasteiger partial charge in [-0.05, 0) is 25.5 Å². The average molecular weight is 252 g/mol. The van der Waals surface area contributed by atoms with Crippen LogP contribution in [0.1, 0.15) is 45.1 Å². The molecule has 0 saturated carbocycles. The molecule has 0 amide bonds. The lowest BCUT2D eigenvalue weighted by Crippen LogP contribution is -2.23. The van der Waals surface area contributed by atoms with Gasteiger partial charge < -0.3 is 14.6 Å². The number of rotatable bonds is 7. The highest BCUT2D eigenvalue weighted by Gasteiger charge is 2.29. The molecule has 0 spiro atoms. The Hall–Kier alpha value is -1.22. The Labute approximate surface area is 110 Å². The first-order chi connectivity index (χ1) is 8.56. The van der Waals surface area contributed by atoms with Crippen molar-refractivity contribution in [1.82, 2.24) is 0 Å². The normalized spacial score (nSPS) is 14.1. The fraction of sp³-hybridized carbons (Fsp3) is 0.600. The second kappa shape index (κ2) is 6.64. The first kappa shape index (κ1) is 14.8. The van der Waals surface area contributed by atoms with E-state index in [2.05, 4.69) is 6.92 Å². The predicted molar refractivity (Wildman–Crippen MR) is 73.3 cm³/mol. The third-order valence-electron chi connectivity index (χ3n) is 3.23. The Kier molecular flexibility index (Phi) is 5.48. The van der Waals surface area contributed by atoms with Crippen LogP contribution in [0.2, 0.25) is 0 Å². The standard InChI is InChI=1S/C15H24O3/c1-5-6-7-11-15(2,16)14-12(17-3)9-8-10-13(14)18-4/h8-10,16H,5-7,11H2,1-4H3. The third-order valence-corrected chi connectivity index (χ3v) is 3.23. The fourth-order valence-corrected chi connectivity index (χ4v) is 2.23. The molecule has 1 rings (SSSR count). The van der Waals surface area contributed by atoms with Gasteiger partial charge in [0.05, 0.1) is 25.4 Å². The highest BCUT2D eigenvalue weighted by atomic mass is 16.5. The van der Waals surface area contributed by atoms with Crippen LogP contribution in [0, 0.1) is 0 Å². The van der Waals surface area contributed by atoms with Crippen molar-refractivity contribution >= 4 is 0 Å². The summed E-state index contributed by atoms with van der Waals surface area (Å²) in [6.07, 6.45) is 3.95. The Balaban J connectivity index is 3.04. The highest BCUT2D eigenvalue weighted by molar-refractivity contribution is 5.48. The summed E-state index contributed by atoms with van der Waals surface area (Å²) in [5, 5.41) is 10.7. The van der Waals surface area contributed by atoms with Crippen molar-refractivity contribution in [3.63, 3.8) is 0 Å². The van der Waals surface area contributed by atoms with Crippen molar-refractivity contribution in [1.29, 1.82) is 0 Å². The van der Waals surface area contributed by atoms with Gasteiger partial charge in [-0.15, -0.1) is 0 Å². The summed E-state index contributed by atoms with van der Waals surface area (Å²) in [7, 11) is 3.22. The van der Waals surface area contributed by atoms with E-state index in [1.165, 1.54) is 0 Å². The molecule has 3 heteroatoms. The average Bonchev–Trinajstić information content (AvgIpc) is 2.37. The maximum Gasteiger partial charge on any atom is 0.128 e. The number of hydrogen-bond acceptors (Lipinski definition) is 3. The van der Waals surface area contributed by atoms with Gasteiger partial charge in [-0.3, -0.25) is 0 Å². The van der Waals surface area contributed by atoms with Crippen molar-refractivity contribution in [2.45, 2.75) is 45.1 Å². The first-order valence-corrected chi connectivity index (χ1v) is 6.50. The van der Waals surface area contributed by atoms with E-state index in [0.717, 1.165) is 24.8 Å². The van der Waals surface area contributed by atoms with Gasteiger partial charge in [-0.2, -0.15) is 0 Å². The molecule has 1 aromatic carbocycles. The van der Waals surface area contributed by atoms with Crippen LogP contribution in [-0.2, 0) is 5.60 Å². The Morgan fingerprint density at radius 1 is 1.11 bits per heavy atom. The number of unbranched alkanes of at least 4 members (excludes halogenated alkanes) is 2. The van der Waals surface area contributed by atoms with Crippen LogP contribution in [0.4, 0.5) is 0 Å². The molecule has 0 bridgehead atoms. The molecule has 0 heterocycles. The topological polar surface area (TPSA) is 38.7 Å². The lowest BCUT2D eigenvalue weighted by Gasteiger charge is -2.27. The molecule has 102 valence electrons. The second-order valence-electron chi connectivity index (χ2n) is 4.77. The van der Waals surface area contributed by atoms with Gasteiger partial charge in [0, 0.05) is 0 Å². The summed E-state index contributed by atoms with van der Waals surface area (Å²) < 4.78 is 10.7. The van der Waals surface area contributed by atoms with E-state index >= 15 is 0 Å². The number of aliphatic hydroxyl groups is 1. The molecule has 0 fully saturated rings. The van der Waals surface area contributed by atoms with Crippen LogP contribution in [0.3, 0.4) is 0 Å². The Morgan fingerprint density at radius 3 is 2.11 bits per heavy atom. The minimum Gasteiger partial charge on any atom is -0.496 e. The highest BCUT2D eigenvalue weighted by Crippen LogP contribution is 2.40. The van der Waals surface area contributed by atoms with Gasteiger partial charge in [0.25, 0.3) is 0 Å². The molecule has 0 radical (unpaired) electrons. The second-order valence-corrected chi connectivity index (χ2v) is 4.77. The van der Waals surface area contributed by atoms with Crippen LogP contribution in [-0.4, -0.2) is 19.3 Å². The first-order valence-electron chi connectivity index (χ1n) is 6.50. The molecule has 1 aromatic rings. The van der Waals surface area contributed by atoms with Crippen LogP contribution in [0.15, 0.2) is 18.2 Å². The summed E-state index contributed by atoms with van der Waals surface area (Å²) in [5.74, 6) is 1.35. The summed E-state index contributed by atoms with van der Waals surface area (Å²) in [6.45, 7) is 3.97. The lowest BCUT2D eigenvalue weighted by atomic mass is 9.88. The summed E-state index contributed by atoms with van der Waals surface area (Å²) >= 11 is 0. The molecule has 0 aliphatic carbocycles. The number of ether oxygens (including phenoxy) is 2. The molecule has 0 aliphatic heterocycles. The van der Waals surface area contributed by atoms with E-state index in [1.54, 1.807) is 14.2 Å². The van der Waals surface area contributed by atoms with Crippen molar-refractivity contribution in [3.8, 4) is 11.5 Å². The predicted octanol–water partition coefficient (Wildman–Crippen LogP) is 3.49. The SMILES string of the molecule is CCCCCC(C)(O)c1c(OC)cccc1OC. The maximum absolute atomic E-state index is 10.7. The zero-order valence-corrected chi connectivity index (χ0v) is 11.8. The van der Waals surface area contributed by atoms with E-state index in [9.17, 15) is 5.11 Å². The molecule has 0 aromatic heterocycles. The molecule has 1 atom stereocenters. The van der Waals surface area contributed by atoms with E-state index in [4.69, 9.17) is 9.47 Å². The van der Waals surface area contributed by atoms with Gasteiger partial charge in [-0.25, -0.2) is 0 Å². The van der Waals surface area contributed by atoms with Crippen molar-refractivity contribution < 1.29 is 14.6 Å². The van der Waals surface area contributed by atoms with Crippen molar-refractivity contribution in [2.75, 3.05) is 14.2 Å². The van der Waals surface area contributed by atoms with Crippen LogP contribution >= 0.6 is 0 Å². The van der Waals surface area contributed by atoms with E-state index in [-0.39, 0.29) is 0 Å². The summed E-state index contributed by atoms with van der Waals surface area (Å²) in [4.78, 5) is 0. The van der Waals surface area contributed by atoms with Crippen LogP contribution in [0.5, 0.6) is 11.5 Å². The zero-order chi connectivity index (χ0) is 13.6. The molecular weight excluding hydrogens is 228 g/mol. The van der Waals surface area contributed by atoms with E-state index in [1.807, 2.05) is 25.1 Å². The van der Waals surface area contributed by atoms with Gasteiger partial charge in [0.2, 0.25) is 0 Å². The Morgan fingerprint density at radius 2 is 1.67 bits per heavy atom. The fourth-order valence-electron chi connectivity index (χ4n) is 2.23. The van der Waals surface area contributed by atoms with Crippen LogP contribution in [0.25, 0.3) is 0 Å². The maximum atomic E-state index is 10.7. The zero-order valence-electron chi connectivity index (χ0n) is 11.8.